The van der Waals surface area contributed by atoms with Crippen LogP contribution in [-0.2, 0) is 0 Å². The Hall–Kier alpha value is -0.870. The molecule has 0 aliphatic rings. The van der Waals surface area contributed by atoms with Crippen molar-refractivity contribution in [1.82, 2.24) is 0 Å². The van der Waals surface area contributed by atoms with Crippen molar-refractivity contribution in [3.63, 3.8) is 0 Å². The molecule has 2 N–H and O–H groups in total. The van der Waals surface area contributed by atoms with E-state index in [1.54, 1.807) is 6.07 Å². The predicted octanol–water partition coefficient (Wildman–Crippen LogP) is 2.92. The van der Waals surface area contributed by atoms with Crippen molar-refractivity contribution in [2.24, 2.45) is 5.73 Å². The summed E-state index contributed by atoms with van der Waals surface area (Å²) in [4.78, 5) is 0.435. The van der Waals surface area contributed by atoms with Gasteiger partial charge in [-0.15, -0.1) is 0 Å². The highest BCUT2D eigenvalue weighted by Crippen LogP contribution is 2.24. The Morgan fingerprint density at radius 1 is 1.53 bits per heavy atom. The summed E-state index contributed by atoms with van der Waals surface area (Å²) in [6.07, 6.45) is 1.26. The molecule has 0 aliphatic carbocycles. The van der Waals surface area contributed by atoms with Gasteiger partial charge in [0.1, 0.15) is 0 Å². The van der Waals surface area contributed by atoms with Crippen molar-refractivity contribution in [2.45, 2.75) is 12.8 Å². The van der Waals surface area contributed by atoms with Gasteiger partial charge < -0.3 is 10.5 Å². The highest BCUT2D eigenvalue weighted by molar-refractivity contribution is 7.80. The molecule has 15 heavy (non-hydrogen) atoms. The van der Waals surface area contributed by atoms with Gasteiger partial charge >= 0.3 is 0 Å². The van der Waals surface area contributed by atoms with Crippen LogP contribution in [-0.4, -0.2) is 11.6 Å². The second-order valence-electron chi connectivity index (χ2n) is 2.97. The molecule has 0 amide bonds. The first-order chi connectivity index (χ1) is 7.11. The van der Waals surface area contributed by atoms with Crippen molar-refractivity contribution in [3.8, 4) is 5.75 Å². The van der Waals surface area contributed by atoms with Crippen LogP contribution in [0.3, 0.4) is 0 Å². The van der Waals surface area contributed by atoms with E-state index < -0.39 is 5.82 Å². The van der Waals surface area contributed by atoms with Gasteiger partial charge in [0.15, 0.2) is 11.6 Å². The maximum absolute atomic E-state index is 13.3. The first kappa shape index (κ1) is 12.2. The molecule has 0 saturated heterocycles. The number of hydrogen-bond donors (Lipinski definition) is 1. The average Bonchev–Trinajstić information content (AvgIpc) is 2.18. The molecule has 5 heteroatoms. The summed E-state index contributed by atoms with van der Waals surface area (Å²) in [7, 11) is 0. The molecule has 82 valence electrons. The smallest absolute Gasteiger partial charge is 0.183 e. The Bertz CT molecular complexity index is 359. The Morgan fingerprint density at radius 3 is 2.93 bits per heavy atom. The quantitative estimate of drug-likeness (QED) is 0.642. The lowest BCUT2D eigenvalue weighted by atomic mass is 10.3. The second-order valence-corrected chi connectivity index (χ2v) is 3.90. The van der Waals surface area contributed by atoms with Crippen molar-refractivity contribution in [3.05, 3.63) is 29.0 Å². The number of ether oxygens (including phenoxy) is 1. The Morgan fingerprint density at radius 2 is 2.27 bits per heavy atom. The van der Waals surface area contributed by atoms with Crippen LogP contribution >= 0.6 is 23.8 Å². The van der Waals surface area contributed by atoms with Crippen LogP contribution in [0.25, 0.3) is 0 Å². The third kappa shape index (κ3) is 4.01. The monoisotopic (exact) mass is 247 g/mol. The zero-order valence-electron chi connectivity index (χ0n) is 8.00. The summed E-state index contributed by atoms with van der Waals surface area (Å²) >= 11 is 10.3. The van der Waals surface area contributed by atoms with Gasteiger partial charge in [-0.3, -0.25) is 0 Å². The van der Waals surface area contributed by atoms with Crippen LogP contribution in [0.5, 0.6) is 5.75 Å². The summed E-state index contributed by atoms with van der Waals surface area (Å²) in [5.41, 5.74) is 5.31. The normalized spacial score (nSPS) is 10.0. The van der Waals surface area contributed by atoms with Crippen LogP contribution in [0.2, 0.25) is 5.02 Å². The summed E-state index contributed by atoms with van der Waals surface area (Å²) in [5.74, 6) is -0.375. The molecule has 1 aromatic carbocycles. The van der Waals surface area contributed by atoms with Crippen LogP contribution in [0.1, 0.15) is 12.8 Å². The van der Waals surface area contributed by atoms with E-state index >= 15 is 0 Å². The van der Waals surface area contributed by atoms with Crippen LogP contribution in [0, 0.1) is 5.82 Å². The van der Waals surface area contributed by atoms with E-state index in [-0.39, 0.29) is 10.8 Å². The Balaban J connectivity index is 2.44. The second kappa shape index (κ2) is 5.88. The van der Waals surface area contributed by atoms with E-state index in [1.165, 1.54) is 12.1 Å². The van der Waals surface area contributed by atoms with Crippen LogP contribution in [0.4, 0.5) is 4.39 Å². The molecule has 0 atom stereocenters. The minimum atomic E-state index is -0.533. The Labute approximate surface area is 98.2 Å². The molecule has 0 fully saturated rings. The van der Waals surface area contributed by atoms with Gasteiger partial charge in [0.25, 0.3) is 0 Å². The number of benzene rings is 1. The molecule has 2 nitrogen and oxygen atoms in total. The Kier molecular flexibility index (Phi) is 4.78. The maximum Gasteiger partial charge on any atom is 0.183 e. The standard InChI is InChI=1S/C10H11ClFNOS/c11-7-3-1-4-8(10(7)12)14-6-2-5-9(13)15/h1,3-4H,2,5-6H2,(H2,13,15). The van der Waals surface area contributed by atoms with Gasteiger partial charge in [-0.2, -0.15) is 0 Å². The number of halogens is 2. The molecule has 0 saturated carbocycles. The van der Waals surface area contributed by atoms with Gasteiger partial charge in [-0.1, -0.05) is 29.9 Å². The molecular formula is C10H11ClFNOS. The minimum absolute atomic E-state index is 0.0573. The van der Waals surface area contributed by atoms with E-state index in [2.05, 4.69) is 0 Å². The lowest BCUT2D eigenvalue weighted by Crippen LogP contribution is -2.09. The SMILES string of the molecule is NC(=S)CCCOc1cccc(Cl)c1F. The number of thiocarbonyl (C=S) groups is 1. The lowest BCUT2D eigenvalue weighted by Gasteiger charge is -2.07. The molecule has 0 unspecified atom stereocenters. The fraction of sp³-hybridized carbons (Fsp3) is 0.300. The number of hydrogen-bond acceptors (Lipinski definition) is 2. The largest absolute Gasteiger partial charge is 0.490 e. The molecule has 0 heterocycles. The molecule has 0 spiro atoms. The van der Waals surface area contributed by atoms with Crippen molar-refractivity contribution in [2.75, 3.05) is 6.61 Å². The zero-order valence-corrected chi connectivity index (χ0v) is 9.58. The van der Waals surface area contributed by atoms with E-state index in [1.807, 2.05) is 0 Å². The first-order valence-corrected chi connectivity index (χ1v) is 5.25. The van der Waals surface area contributed by atoms with E-state index in [0.717, 1.165) is 0 Å². The molecule has 1 aromatic rings. The molecular weight excluding hydrogens is 237 g/mol. The number of rotatable bonds is 5. The van der Waals surface area contributed by atoms with Crippen molar-refractivity contribution < 1.29 is 9.13 Å². The molecule has 1 rings (SSSR count). The summed E-state index contributed by atoms with van der Waals surface area (Å²) in [5, 5.41) is 0.0573. The van der Waals surface area contributed by atoms with Gasteiger partial charge in [0.05, 0.1) is 16.6 Å². The van der Waals surface area contributed by atoms with E-state index in [9.17, 15) is 4.39 Å². The molecule has 0 aromatic heterocycles. The van der Waals surface area contributed by atoms with Crippen LogP contribution in [0.15, 0.2) is 18.2 Å². The summed E-state index contributed by atoms with van der Waals surface area (Å²) < 4.78 is 18.5. The van der Waals surface area contributed by atoms with Gasteiger partial charge in [0.2, 0.25) is 0 Å². The third-order valence-corrected chi connectivity index (χ3v) is 2.24. The number of nitrogens with two attached hydrogens (primary N) is 1. The third-order valence-electron chi connectivity index (χ3n) is 1.74. The predicted molar refractivity (Wildman–Crippen MR) is 62.9 cm³/mol. The van der Waals surface area contributed by atoms with Crippen molar-refractivity contribution in [1.29, 1.82) is 0 Å². The zero-order chi connectivity index (χ0) is 11.3. The minimum Gasteiger partial charge on any atom is -0.490 e. The highest BCUT2D eigenvalue weighted by Gasteiger charge is 2.06. The van der Waals surface area contributed by atoms with Gasteiger partial charge in [-0.25, -0.2) is 4.39 Å². The molecule has 0 aliphatic heterocycles. The summed E-state index contributed by atoms with van der Waals surface area (Å²) in [6.45, 7) is 0.370. The van der Waals surface area contributed by atoms with E-state index in [4.69, 9.17) is 34.3 Å². The molecule has 0 radical (unpaired) electrons. The maximum atomic E-state index is 13.3. The van der Waals surface area contributed by atoms with E-state index in [0.29, 0.717) is 24.4 Å². The van der Waals surface area contributed by atoms with Crippen LogP contribution < -0.4 is 10.5 Å². The summed E-state index contributed by atoms with van der Waals surface area (Å²) in [6, 6.07) is 4.63. The lowest BCUT2D eigenvalue weighted by molar-refractivity contribution is 0.298. The topological polar surface area (TPSA) is 35.2 Å². The van der Waals surface area contributed by atoms with Crippen molar-refractivity contribution >= 4 is 28.8 Å². The fourth-order valence-electron chi connectivity index (χ4n) is 1.02. The van der Waals surface area contributed by atoms with Gasteiger partial charge in [-0.05, 0) is 18.6 Å². The fourth-order valence-corrected chi connectivity index (χ4v) is 1.33. The average molecular weight is 248 g/mol. The highest BCUT2D eigenvalue weighted by atomic mass is 35.5. The first-order valence-electron chi connectivity index (χ1n) is 4.46. The van der Waals surface area contributed by atoms with Gasteiger partial charge in [0, 0.05) is 6.42 Å². The molecule has 0 bridgehead atoms.